The molecule has 146 valence electrons. The summed E-state index contributed by atoms with van der Waals surface area (Å²) in [5, 5.41) is 15.9. The lowest BCUT2D eigenvalue weighted by molar-refractivity contribution is 0.0956. The molecule has 0 spiro atoms. The van der Waals surface area contributed by atoms with Gasteiger partial charge in [0.2, 0.25) is 0 Å². The summed E-state index contributed by atoms with van der Waals surface area (Å²) >= 11 is 0. The maximum atomic E-state index is 12.5. The number of phenolic OH excluding ortho intramolecular Hbond substituents is 1. The Labute approximate surface area is 167 Å². The number of nitrogens with one attached hydrogen (secondary N) is 2. The van der Waals surface area contributed by atoms with Crippen LogP contribution in [0, 0.1) is 0 Å². The van der Waals surface area contributed by atoms with Crippen LogP contribution >= 0.6 is 0 Å². The summed E-state index contributed by atoms with van der Waals surface area (Å²) in [6, 6.07) is 19.7. The molecular formula is C22H19N3O4. The number of hydrogen-bond donors (Lipinski definition) is 3. The topological polar surface area (TPSA) is 100 Å². The van der Waals surface area contributed by atoms with E-state index < -0.39 is 5.91 Å². The van der Waals surface area contributed by atoms with Gasteiger partial charge in [0.1, 0.15) is 11.5 Å². The number of nitrogens with zero attached hydrogens (tertiary/aromatic N) is 1. The molecular weight excluding hydrogens is 370 g/mol. The van der Waals surface area contributed by atoms with Crippen molar-refractivity contribution in [3.8, 4) is 11.5 Å². The molecule has 0 aliphatic carbocycles. The number of amides is 2. The van der Waals surface area contributed by atoms with E-state index in [9.17, 15) is 14.7 Å². The Morgan fingerprint density at radius 2 is 1.62 bits per heavy atom. The smallest absolute Gasteiger partial charge is 0.273 e. The van der Waals surface area contributed by atoms with Gasteiger partial charge in [0.25, 0.3) is 11.8 Å². The van der Waals surface area contributed by atoms with Gasteiger partial charge in [-0.1, -0.05) is 12.1 Å². The molecule has 3 aromatic carbocycles. The third-order valence-corrected chi connectivity index (χ3v) is 4.04. The molecule has 0 aromatic heterocycles. The first kappa shape index (κ1) is 19.6. The van der Waals surface area contributed by atoms with Crippen LogP contribution in [-0.2, 0) is 0 Å². The lowest BCUT2D eigenvalue weighted by atomic mass is 10.1. The molecule has 0 saturated heterocycles. The first-order valence-corrected chi connectivity index (χ1v) is 8.73. The van der Waals surface area contributed by atoms with Gasteiger partial charge in [0, 0.05) is 5.56 Å². The Balaban J connectivity index is 1.69. The monoisotopic (exact) mass is 389 g/mol. The standard InChI is InChI=1S/C22H19N3O4/c1-29-18-12-8-16(9-13-18)21(27)24-20-5-3-2-4-19(20)22(28)25-23-14-15-6-10-17(26)11-7-15/h2-14,26H,1H3,(H,24,27)(H,25,28). The number of carbonyl (C=O) groups excluding carboxylic acids is 2. The van der Waals surface area contributed by atoms with Crippen LogP contribution in [0.5, 0.6) is 11.5 Å². The van der Waals surface area contributed by atoms with Gasteiger partial charge in [-0.05, 0) is 66.2 Å². The SMILES string of the molecule is COc1ccc(C(=O)Nc2ccccc2C(=O)NN=Cc2ccc(O)cc2)cc1. The van der Waals surface area contributed by atoms with Gasteiger partial charge < -0.3 is 15.2 Å². The molecule has 3 aromatic rings. The van der Waals surface area contributed by atoms with E-state index in [0.717, 1.165) is 0 Å². The van der Waals surface area contributed by atoms with E-state index in [0.29, 0.717) is 22.6 Å². The second kappa shape index (κ2) is 9.18. The number of hydrogen-bond acceptors (Lipinski definition) is 5. The van der Waals surface area contributed by atoms with Crippen molar-refractivity contribution in [3.05, 3.63) is 89.5 Å². The summed E-state index contributed by atoms with van der Waals surface area (Å²) in [6.07, 6.45) is 1.45. The first-order valence-electron chi connectivity index (χ1n) is 8.73. The zero-order chi connectivity index (χ0) is 20.6. The zero-order valence-electron chi connectivity index (χ0n) is 15.6. The molecule has 0 heterocycles. The largest absolute Gasteiger partial charge is 0.508 e. The van der Waals surface area contributed by atoms with Crippen LogP contribution in [0.15, 0.2) is 77.9 Å². The summed E-state index contributed by atoms with van der Waals surface area (Å²) in [6.45, 7) is 0. The summed E-state index contributed by atoms with van der Waals surface area (Å²) in [5.41, 5.74) is 4.22. The van der Waals surface area contributed by atoms with Crippen LogP contribution in [-0.4, -0.2) is 30.2 Å². The second-order valence-corrected chi connectivity index (χ2v) is 6.02. The Morgan fingerprint density at radius 1 is 0.931 bits per heavy atom. The number of methoxy groups -OCH3 is 1. The van der Waals surface area contributed by atoms with Gasteiger partial charge in [-0.15, -0.1) is 0 Å². The van der Waals surface area contributed by atoms with Crippen molar-refractivity contribution < 1.29 is 19.4 Å². The number of benzene rings is 3. The van der Waals surface area contributed by atoms with Crippen molar-refractivity contribution in [3.63, 3.8) is 0 Å². The highest BCUT2D eigenvalue weighted by molar-refractivity contribution is 6.09. The molecule has 0 saturated carbocycles. The van der Waals surface area contributed by atoms with Crippen molar-refractivity contribution in [2.45, 2.75) is 0 Å². The molecule has 0 bridgehead atoms. The minimum Gasteiger partial charge on any atom is -0.508 e. The zero-order valence-corrected chi connectivity index (χ0v) is 15.6. The van der Waals surface area contributed by atoms with Crippen molar-refractivity contribution >= 4 is 23.7 Å². The molecule has 3 N–H and O–H groups in total. The van der Waals surface area contributed by atoms with Crippen LogP contribution in [0.4, 0.5) is 5.69 Å². The summed E-state index contributed by atoms with van der Waals surface area (Å²) in [4.78, 5) is 25.0. The highest BCUT2D eigenvalue weighted by Crippen LogP contribution is 2.18. The number of carbonyl (C=O) groups is 2. The summed E-state index contributed by atoms with van der Waals surface area (Å²) in [5.74, 6) is -0.0216. The molecule has 3 rings (SSSR count). The number of para-hydroxylation sites is 1. The van der Waals surface area contributed by atoms with Crippen LogP contribution in [0.3, 0.4) is 0 Å². The highest BCUT2D eigenvalue weighted by Gasteiger charge is 2.13. The van der Waals surface area contributed by atoms with E-state index in [1.165, 1.54) is 18.3 Å². The van der Waals surface area contributed by atoms with Gasteiger partial charge in [0.15, 0.2) is 0 Å². The predicted octanol–water partition coefficient (Wildman–Crippen LogP) is 3.42. The van der Waals surface area contributed by atoms with Gasteiger partial charge in [-0.25, -0.2) is 5.43 Å². The predicted molar refractivity (Wildman–Crippen MR) is 111 cm³/mol. The second-order valence-electron chi connectivity index (χ2n) is 6.02. The minimum absolute atomic E-state index is 0.146. The summed E-state index contributed by atoms with van der Waals surface area (Å²) < 4.78 is 5.08. The molecule has 0 atom stereocenters. The Morgan fingerprint density at radius 3 is 2.31 bits per heavy atom. The third-order valence-electron chi connectivity index (χ3n) is 4.04. The lowest BCUT2D eigenvalue weighted by Crippen LogP contribution is -2.21. The molecule has 7 nitrogen and oxygen atoms in total. The molecule has 0 aliphatic rings. The van der Waals surface area contributed by atoms with Crippen molar-refractivity contribution in [1.82, 2.24) is 5.43 Å². The number of aromatic hydroxyl groups is 1. The fourth-order valence-corrected chi connectivity index (χ4v) is 2.51. The normalized spacial score (nSPS) is 10.5. The molecule has 0 radical (unpaired) electrons. The summed E-state index contributed by atoms with van der Waals surface area (Å²) in [7, 11) is 1.55. The highest BCUT2D eigenvalue weighted by atomic mass is 16.5. The molecule has 2 amide bonds. The molecule has 29 heavy (non-hydrogen) atoms. The van der Waals surface area contributed by atoms with E-state index in [4.69, 9.17) is 4.74 Å². The molecule has 0 unspecified atom stereocenters. The number of hydrazone groups is 1. The van der Waals surface area contributed by atoms with E-state index in [1.807, 2.05) is 0 Å². The maximum Gasteiger partial charge on any atom is 0.273 e. The van der Waals surface area contributed by atoms with Crippen LogP contribution in [0.2, 0.25) is 0 Å². The van der Waals surface area contributed by atoms with Crippen LogP contribution in [0.25, 0.3) is 0 Å². The van der Waals surface area contributed by atoms with Crippen molar-refractivity contribution in [2.24, 2.45) is 5.10 Å². The van der Waals surface area contributed by atoms with E-state index >= 15 is 0 Å². The fraction of sp³-hybridized carbons (Fsp3) is 0.0455. The van der Waals surface area contributed by atoms with Gasteiger partial charge in [-0.2, -0.15) is 5.10 Å². The van der Waals surface area contributed by atoms with E-state index in [1.54, 1.807) is 67.8 Å². The Hall–Kier alpha value is -4.13. The number of rotatable bonds is 6. The Bertz CT molecular complexity index is 1030. The first-order chi connectivity index (χ1) is 14.1. The number of ether oxygens (including phenoxy) is 1. The number of anilines is 1. The van der Waals surface area contributed by atoms with E-state index in [2.05, 4.69) is 15.8 Å². The Kier molecular flexibility index (Phi) is 6.22. The minimum atomic E-state index is -0.467. The molecule has 0 fully saturated rings. The lowest BCUT2D eigenvalue weighted by Gasteiger charge is -2.10. The maximum absolute atomic E-state index is 12.5. The van der Waals surface area contributed by atoms with E-state index in [-0.39, 0.29) is 17.2 Å². The van der Waals surface area contributed by atoms with Gasteiger partial charge >= 0.3 is 0 Å². The average molecular weight is 389 g/mol. The van der Waals surface area contributed by atoms with Crippen LogP contribution in [0.1, 0.15) is 26.3 Å². The van der Waals surface area contributed by atoms with Crippen LogP contribution < -0.4 is 15.5 Å². The van der Waals surface area contributed by atoms with Crippen molar-refractivity contribution in [1.29, 1.82) is 0 Å². The fourth-order valence-electron chi connectivity index (χ4n) is 2.51. The van der Waals surface area contributed by atoms with Gasteiger partial charge in [0.05, 0.1) is 24.6 Å². The molecule has 7 heteroatoms. The third kappa shape index (κ3) is 5.20. The quantitative estimate of drug-likeness (QED) is 0.444. The average Bonchev–Trinajstić information content (AvgIpc) is 2.75. The number of phenols is 1. The van der Waals surface area contributed by atoms with Crippen molar-refractivity contribution in [2.75, 3.05) is 12.4 Å². The molecule has 0 aliphatic heterocycles. The van der Waals surface area contributed by atoms with Gasteiger partial charge in [-0.3, -0.25) is 9.59 Å².